The molecule has 78 valence electrons. The van der Waals surface area contributed by atoms with Crippen molar-refractivity contribution < 1.29 is 14.3 Å². The maximum atomic E-state index is 10.6. The van der Waals surface area contributed by atoms with Crippen LogP contribution in [-0.2, 0) is 9.47 Å². The second-order valence-electron chi connectivity index (χ2n) is 2.97. The minimum absolute atomic E-state index is 0.372. The monoisotopic (exact) mass is 189 g/mol. The molecular weight excluding hydrogens is 170 g/mol. The number of methoxy groups -OCH3 is 1. The van der Waals surface area contributed by atoms with Crippen LogP contribution in [-0.4, -0.2) is 33.0 Å². The van der Waals surface area contributed by atoms with Gasteiger partial charge in [-0.25, -0.2) is 4.79 Å². The smallest absolute Gasteiger partial charge is 0.406 e. The van der Waals surface area contributed by atoms with Gasteiger partial charge in [-0.15, -0.1) is 0 Å². The Morgan fingerprint density at radius 3 is 2.77 bits per heavy atom. The molecule has 0 radical (unpaired) electrons. The van der Waals surface area contributed by atoms with Crippen LogP contribution in [0.2, 0.25) is 0 Å². The Labute approximate surface area is 79.6 Å². The molecule has 0 aliphatic rings. The van der Waals surface area contributed by atoms with Crippen molar-refractivity contribution in [1.29, 1.82) is 0 Å². The first-order valence-electron chi connectivity index (χ1n) is 4.60. The van der Waals surface area contributed by atoms with Gasteiger partial charge < -0.3 is 14.8 Å². The van der Waals surface area contributed by atoms with Crippen molar-refractivity contribution in [3.63, 3.8) is 0 Å². The van der Waals surface area contributed by atoms with Crippen molar-refractivity contribution in [2.45, 2.75) is 20.3 Å². The van der Waals surface area contributed by atoms with Gasteiger partial charge in [0.25, 0.3) is 0 Å². The van der Waals surface area contributed by atoms with Crippen LogP contribution < -0.4 is 5.32 Å². The van der Waals surface area contributed by atoms with Crippen LogP contribution in [0.4, 0.5) is 4.79 Å². The molecule has 0 aliphatic carbocycles. The number of rotatable bonds is 6. The fourth-order valence-corrected chi connectivity index (χ4v) is 0.895. The minimum atomic E-state index is -0.372. The van der Waals surface area contributed by atoms with Gasteiger partial charge in [0.15, 0.2) is 0 Å². The van der Waals surface area contributed by atoms with Crippen molar-refractivity contribution in [1.82, 2.24) is 5.32 Å². The van der Waals surface area contributed by atoms with Gasteiger partial charge in [-0.1, -0.05) is 6.92 Å². The molecule has 4 heteroatoms. The largest absolute Gasteiger partial charge is 0.453 e. The molecule has 0 saturated heterocycles. The van der Waals surface area contributed by atoms with Crippen LogP contribution in [0.1, 0.15) is 20.3 Å². The highest BCUT2D eigenvalue weighted by molar-refractivity contribution is 5.66. The number of nitrogens with one attached hydrogen (secondary N) is 1. The minimum Gasteiger partial charge on any atom is -0.453 e. The Bertz CT molecular complexity index is 139. The Morgan fingerprint density at radius 1 is 1.54 bits per heavy atom. The molecule has 1 amide bonds. The highest BCUT2D eigenvalue weighted by atomic mass is 16.5. The highest BCUT2D eigenvalue weighted by Crippen LogP contribution is 2.00. The van der Waals surface area contributed by atoms with Crippen LogP contribution in [0.15, 0.2) is 0 Å². The van der Waals surface area contributed by atoms with Crippen molar-refractivity contribution in [3.05, 3.63) is 0 Å². The second-order valence-corrected chi connectivity index (χ2v) is 2.97. The molecule has 1 N–H and O–H groups in total. The third kappa shape index (κ3) is 7.59. The topological polar surface area (TPSA) is 47.6 Å². The first-order valence-corrected chi connectivity index (χ1v) is 4.60. The Morgan fingerprint density at radius 2 is 2.23 bits per heavy atom. The number of hydrogen-bond acceptors (Lipinski definition) is 3. The molecule has 0 spiro atoms. The summed E-state index contributed by atoms with van der Waals surface area (Å²) in [7, 11) is 1.36. The SMILES string of the molecule is CCOCC(C)CCNC(=O)OC. The molecule has 0 heterocycles. The lowest BCUT2D eigenvalue weighted by Crippen LogP contribution is -2.25. The van der Waals surface area contributed by atoms with Gasteiger partial charge in [0.05, 0.1) is 7.11 Å². The van der Waals surface area contributed by atoms with E-state index in [1.807, 2.05) is 6.92 Å². The van der Waals surface area contributed by atoms with Crippen LogP contribution >= 0.6 is 0 Å². The van der Waals surface area contributed by atoms with Crippen molar-refractivity contribution in [2.24, 2.45) is 5.92 Å². The maximum Gasteiger partial charge on any atom is 0.406 e. The highest BCUT2D eigenvalue weighted by Gasteiger charge is 2.03. The van der Waals surface area contributed by atoms with Crippen LogP contribution in [0.5, 0.6) is 0 Å². The molecular formula is C9H19NO3. The number of carbonyl (C=O) groups excluding carboxylic acids is 1. The Kier molecular flexibility index (Phi) is 7.39. The normalized spacial score (nSPS) is 12.2. The lowest BCUT2D eigenvalue weighted by atomic mass is 10.1. The van der Waals surface area contributed by atoms with E-state index < -0.39 is 0 Å². The van der Waals surface area contributed by atoms with Gasteiger partial charge in [-0.05, 0) is 19.3 Å². The molecule has 1 atom stereocenters. The van der Waals surface area contributed by atoms with Gasteiger partial charge >= 0.3 is 6.09 Å². The van der Waals surface area contributed by atoms with Crippen LogP contribution in [0.25, 0.3) is 0 Å². The molecule has 0 saturated carbocycles. The van der Waals surface area contributed by atoms with Crippen molar-refractivity contribution >= 4 is 6.09 Å². The zero-order chi connectivity index (χ0) is 10.1. The molecule has 0 bridgehead atoms. The zero-order valence-corrected chi connectivity index (χ0v) is 8.63. The summed E-state index contributed by atoms with van der Waals surface area (Å²) in [5, 5.41) is 2.62. The van der Waals surface area contributed by atoms with Gasteiger partial charge in [0, 0.05) is 19.8 Å². The van der Waals surface area contributed by atoms with Crippen molar-refractivity contribution in [3.8, 4) is 0 Å². The Balaban J connectivity index is 3.26. The summed E-state index contributed by atoms with van der Waals surface area (Å²) < 4.78 is 9.67. The third-order valence-electron chi connectivity index (χ3n) is 1.70. The molecule has 1 unspecified atom stereocenters. The molecule has 13 heavy (non-hydrogen) atoms. The van der Waals surface area contributed by atoms with E-state index in [0.717, 1.165) is 19.6 Å². The Hall–Kier alpha value is -0.770. The lowest BCUT2D eigenvalue weighted by Gasteiger charge is -2.10. The van der Waals surface area contributed by atoms with E-state index in [2.05, 4.69) is 17.0 Å². The quantitative estimate of drug-likeness (QED) is 0.687. The average molecular weight is 189 g/mol. The molecule has 0 aromatic rings. The maximum absolute atomic E-state index is 10.6. The van der Waals surface area contributed by atoms with E-state index in [9.17, 15) is 4.79 Å². The molecule has 0 rings (SSSR count). The van der Waals surface area contributed by atoms with Crippen LogP contribution in [0, 0.1) is 5.92 Å². The number of hydrogen-bond donors (Lipinski definition) is 1. The summed E-state index contributed by atoms with van der Waals surface area (Å²) in [6.45, 7) is 6.20. The molecule has 0 fully saturated rings. The molecule has 0 aromatic heterocycles. The van der Waals surface area contributed by atoms with E-state index in [-0.39, 0.29) is 6.09 Å². The van der Waals surface area contributed by atoms with Gasteiger partial charge in [0.1, 0.15) is 0 Å². The number of amides is 1. The summed E-state index contributed by atoms with van der Waals surface area (Å²) in [5.74, 6) is 0.470. The summed E-state index contributed by atoms with van der Waals surface area (Å²) >= 11 is 0. The molecule has 4 nitrogen and oxygen atoms in total. The molecule has 0 aliphatic heterocycles. The lowest BCUT2D eigenvalue weighted by molar-refractivity contribution is 0.112. The van der Waals surface area contributed by atoms with Crippen LogP contribution in [0.3, 0.4) is 0 Å². The van der Waals surface area contributed by atoms with Gasteiger partial charge in [-0.2, -0.15) is 0 Å². The predicted octanol–water partition coefficient (Wildman–Crippen LogP) is 1.41. The average Bonchev–Trinajstić information content (AvgIpc) is 2.14. The fraction of sp³-hybridized carbons (Fsp3) is 0.889. The second kappa shape index (κ2) is 7.86. The van der Waals surface area contributed by atoms with Crippen molar-refractivity contribution in [2.75, 3.05) is 26.9 Å². The first-order chi connectivity index (χ1) is 6.20. The summed E-state index contributed by atoms with van der Waals surface area (Å²) in [5.41, 5.74) is 0. The van der Waals surface area contributed by atoms with E-state index in [1.54, 1.807) is 0 Å². The fourth-order valence-electron chi connectivity index (χ4n) is 0.895. The number of alkyl carbamates (subject to hydrolysis) is 1. The number of carbonyl (C=O) groups is 1. The molecule has 0 aromatic carbocycles. The third-order valence-corrected chi connectivity index (χ3v) is 1.70. The van der Waals surface area contributed by atoms with E-state index >= 15 is 0 Å². The van der Waals surface area contributed by atoms with Gasteiger partial charge in [0.2, 0.25) is 0 Å². The predicted molar refractivity (Wildman–Crippen MR) is 50.7 cm³/mol. The first kappa shape index (κ1) is 12.2. The van der Waals surface area contributed by atoms with E-state index in [4.69, 9.17) is 4.74 Å². The van der Waals surface area contributed by atoms with E-state index in [0.29, 0.717) is 12.5 Å². The number of ether oxygens (including phenoxy) is 2. The summed E-state index contributed by atoms with van der Waals surface area (Å²) in [6.07, 6.45) is 0.540. The van der Waals surface area contributed by atoms with Gasteiger partial charge in [-0.3, -0.25) is 0 Å². The standard InChI is InChI=1S/C9H19NO3/c1-4-13-7-8(2)5-6-10-9(11)12-3/h8H,4-7H2,1-3H3,(H,10,11). The summed E-state index contributed by atoms with van der Waals surface area (Å²) in [4.78, 5) is 10.6. The zero-order valence-electron chi connectivity index (χ0n) is 8.63. The van der Waals surface area contributed by atoms with E-state index in [1.165, 1.54) is 7.11 Å². The summed E-state index contributed by atoms with van der Waals surface area (Å²) in [6, 6.07) is 0.